The first kappa shape index (κ1) is 8.48. The van der Waals surface area contributed by atoms with E-state index in [1.54, 1.807) is 0 Å². The molecular formula is C12H15BrO2. The average Bonchev–Trinajstić information content (AvgIpc) is 2.81. The van der Waals surface area contributed by atoms with Crippen molar-refractivity contribution in [1.29, 1.82) is 0 Å². The van der Waals surface area contributed by atoms with Crippen molar-refractivity contribution in [3.63, 3.8) is 0 Å². The van der Waals surface area contributed by atoms with Crippen LogP contribution in [0.25, 0.3) is 0 Å². The van der Waals surface area contributed by atoms with Gasteiger partial charge in [-0.3, -0.25) is 0 Å². The van der Waals surface area contributed by atoms with Crippen LogP contribution < -0.4 is 0 Å². The largest absolute Gasteiger partial charge is 0.389 e. The second kappa shape index (κ2) is 1.85. The number of aliphatic hydroxyl groups is 2. The van der Waals surface area contributed by atoms with E-state index in [1.165, 1.54) is 6.42 Å². The zero-order chi connectivity index (χ0) is 10.3. The molecule has 0 aliphatic heterocycles. The van der Waals surface area contributed by atoms with Crippen molar-refractivity contribution in [3.05, 3.63) is 0 Å². The highest BCUT2D eigenvalue weighted by molar-refractivity contribution is 9.09. The monoisotopic (exact) mass is 270 g/mol. The Bertz CT molecular complexity index is 393. The molecule has 0 radical (unpaired) electrons. The van der Waals surface area contributed by atoms with Gasteiger partial charge >= 0.3 is 0 Å². The predicted octanol–water partition coefficient (Wildman–Crippen LogP) is 1.00. The molecule has 0 heterocycles. The molecule has 0 amide bonds. The van der Waals surface area contributed by atoms with E-state index < -0.39 is 11.2 Å². The lowest BCUT2D eigenvalue weighted by molar-refractivity contribution is -0.0700. The van der Waals surface area contributed by atoms with Gasteiger partial charge in [0.25, 0.3) is 0 Å². The molecule has 2 unspecified atom stereocenters. The molecule has 82 valence electrons. The van der Waals surface area contributed by atoms with E-state index in [9.17, 15) is 10.2 Å². The van der Waals surface area contributed by atoms with Gasteiger partial charge in [-0.15, -0.1) is 0 Å². The summed E-state index contributed by atoms with van der Waals surface area (Å²) in [6.07, 6.45) is 1.28. The van der Waals surface area contributed by atoms with E-state index in [4.69, 9.17) is 0 Å². The van der Waals surface area contributed by atoms with Crippen molar-refractivity contribution in [2.75, 3.05) is 0 Å². The van der Waals surface area contributed by atoms with E-state index in [1.807, 2.05) is 6.92 Å². The van der Waals surface area contributed by atoms with Gasteiger partial charge in [-0.1, -0.05) is 15.9 Å². The van der Waals surface area contributed by atoms with Gasteiger partial charge < -0.3 is 10.2 Å². The summed E-state index contributed by atoms with van der Waals surface area (Å²) < 4.78 is 0. The zero-order valence-corrected chi connectivity index (χ0v) is 10.2. The fourth-order valence-electron chi connectivity index (χ4n) is 7.06. The quantitative estimate of drug-likeness (QED) is 0.645. The van der Waals surface area contributed by atoms with E-state index in [0.29, 0.717) is 29.6 Å². The van der Waals surface area contributed by atoms with Crippen molar-refractivity contribution >= 4 is 15.9 Å². The first-order chi connectivity index (χ1) is 7.00. The summed E-state index contributed by atoms with van der Waals surface area (Å²) in [5.41, 5.74) is -1.15. The van der Waals surface area contributed by atoms with Crippen LogP contribution in [0.4, 0.5) is 0 Å². The van der Waals surface area contributed by atoms with Crippen molar-refractivity contribution < 1.29 is 10.2 Å². The lowest BCUT2D eigenvalue weighted by Crippen LogP contribution is -2.47. The number of halogens is 1. The Balaban J connectivity index is 1.88. The molecule has 6 saturated carbocycles. The lowest BCUT2D eigenvalue weighted by atomic mass is 9.69. The number of rotatable bonds is 0. The van der Waals surface area contributed by atoms with Gasteiger partial charge in [-0.2, -0.15) is 0 Å². The summed E-state index contributed by atoms with van der Waals surface area (Å²) in [6, 6.07) is 0. The topological polar surface area (TPSA) is 40.5 Å². The maximum Gasteiger partial charge on any atom is 0.0867 e. The first-order valence-electron chi connectivity index (χ1n) is 6.09. The number of hydrogen-bond donors (Lipinski definition) is 2. The molecule has 0 aromatic carbocycles. The molecule has 0 aromatic rings. The molecule has 0 saturated heterocycles. The van der Waals surface area contributed by atoms with Crippen LogP contribution in [0, 0.1) is 41.4 Å². The fraction of sp³-hybridized carbons (Fsp3) is 1.00. The van der Waals surface area contributed by atoms with Crippen LogP contribution in [0.5, 0.6) is 0 Å². The van der Waals surface area contributed by atoms with Gasteiger partial charge in [0.2, 0.25) is 0 Å². The molecule has 6 aliphatic carbocycles. The molecular weight excluding hydrogens is 256 g/mol. The van der Waals surface area contributed by atoms with Gasteiger partial charge in [0, 0.05) is 10.7 Å². The van der Waals surface area contributed by atoms with Crippen LogP contribution in [0.15, 0.2) is 0 Å². The van der Waals surface area contributed by atoms with Gasteiger partial charge in [0.15, 0.2) is 0 Å². The summed E-state index contributed by atoms with van der Waals surface area (Å²) in [6.45, 7) is 1.98. The van der Waals surface area contributed by atoms with Gasteiger partial charge in [0.1, 0.15) is 0 Å². The lowest BCUT2D eigenvalue weighted by Gasteiger charge is -2.38. The van der Waals surface area contributed by atoms with E-state index in [2.05, 4.69) is 15.9 Å². The first-order valence-corrected chi connectivity index (χ1v) is 7.01. The van der Waals surface area contributed by atoms with Crippen LogP contribution in [0.3, 0.4) is 0 Å². The van der Waals surface area contributed by atoms with Crippen molar-refractivity contribution in [2.24, 2.45) is 41.4 Å². The van der Waals surface area contributed by atoms with Gasteiger partial charge in [0.05, 0.1) is 11.2 Å². The highest BCUT2D eigenvalue weighted by atomic mass is 79.9. The highest BCUT2D eigenvalue weighted by Gasteiger charge is 2.91. The predicted molar refractivity (Wildman–Crippen MR) is 57.3 cm³/mol. The Kier molecular flexibility index (Phi) is 1.05. The van der Waals surface area contributed by atoms with Crippen molar-refractivity contribution in [3.8, 4) is 0 Å². The SMILES string of the molecule is C[C@]1(O)[C@@H]2C3C[C@@H]4[C@@H]5C3[C@H]1[C@](O)([C@@H]42)[C@H]5Br. The van der Waals surface area contributed by atoms with Crippen molar-refractivity contribution in [2.45, 2.75) is 29.4 Å². The molecule has 6 aliphatic rings. The molecule has 6 fully saturated rings. The molecule has 6 bridgehead atoms. The Labute approximate surface area is 97.2 Å². The average molecular weight is 271 g/mol. The maximum atomic E-state index is 10.9. The highest BCUT2D eigenvalue weighted by Crippen LogP contribution is 2.87. The zero-order valence-electron chi connectivity index (χ0n) is 8.60. The summed E-state index contributed by atoms with van der Waals surface area (Å²) in [4.78, 5) is 0.263. The minimum absolute atomic E-state index is 0.165. The maximum absolute atomic E-state index is 10.9. The third kappa shape index (κ3) is 0.502. The van der Waals surface area contributed by atoms with Crippen LogP contribution >= 0.6 is 15.9 Å². The fourth-order valence-corrected chi connectivity index (χ4v) is 8.39. The van der Waals surface area contributed by atoms with Gasteiger partial charge in [-0.25, -0.2) is 0 Å². The van der Waals surface area contributed by atoms with Crippen LogP contribution in [-0.2, 0) is 0 Å². The van der Waals surface area contributed by atoms with Crippen LogP contribution in [0.2, 0.25) is 0 Å². The van der Waals surface area contributed by atoms with E-state index in [0.717, 1.165) is 5.92 Å². The minimum atomic E-state index is -0.583. The molecule has 2 nitrogen and oxygen atoms in total. The smallest absolute Gasteiger partial charge is 0.0867 e. The van der Waals surface area contributed by atoms with E-state index in [-0.39, 0.29) is 10.7 Å². The second-order valence-electron chi connectivity index (χ2n) is 6.76. The Morgan fingerprint density at radius 2 is 1.80 bits per heavy atom. The van der Waals surface area contributed by atoms with Gasteiger partial charge in [-0.05, 0) is 48.9 Å². The Hall–Kier alpha value is 0.400. The molecule has 10 atom stereocenters. The molecule has 3 heteroatoms. The normalized spacial score (nSPS) is 85.6. The van der Waals surface area contributed by atoms with Crippen molar-refractivity contribution in [1.82, 2.24) is 0 Å². The van der Waals surface area contributed by atoms with E-state index >= 15 is 0 Å². The molecule has 6 rings (SSSR count). The summed E-state index contributed by atoms with van der Waals surface area (Å²) in [5, 5.41) is 21.6. The third-order valence-electron chi connectivity index (χ3n) is 6.79. The number of hydrogen-bond acceptors (Lipinski definition) is 2. The Morgan fingerprint density at radius 3 is 2.47 bits per heavy atom. The Morgan fingerprint density at radius 1 is 1.13 bits per heavy atom. The molecule has 2 N–H and O–H groups in total. The third-order valence-corrected chi connectivity index (χ3v) is 8.13. The summed E-state index contributed by atoms with van der Waals surface area (Å²) in [7, 11) is 0. The second-order valence-corrected chi connectivity index (χ2v) is 7.75. The minimum Gasteiger partial charge on any atom is -0.389 e. The standard InChI is InChI=1S/C12H15BrO2/c1-11(14)7-3-2-4-6-5(3)9(11)12(15,8(4)7)10(6)13/h3-10,14-15H,2H2,1H3/t3?,4-,5?,6-,7-,8+,9-,10+,11+,12-/m1/s1. The number of alkyl halides is 1. The van der Waals surface area contributed by atoms with Crippen LogP contribution in [-0.4, -0.2) is 26.2 Å². The van der Waals surface area contributed by atoms with Crippen LogP contribution in [0.1, 0.15) is 13.3 Å². The molecule has 0 spiro atoms. The summed E-state index contributed by atoms with van der Waals surface area (Å²) >= 11 is 3.73. The molecule has 15 heavy (non-hydrogen) atoms. The molecule has 0 aromatic heterocycles. The summed E-state index contributed by atoms with van der Waals surface area (Å²) in [5.74, 6) is 3.70.